The molecule has 24 heavy (non-hydrogen) atoms. The van der Waals surface area contributed by atoms with Gasteiger partial charge in [0.15, 0.2) is 5.69 Å². The molecular formula is C17H26N4O3. The second-order valence-corrected chi connectivity index (χ2v) is 6.10. The van der Waals surface area contributed by atoms with Crippen LogP contribution in [0.2, 0.25) is 0 Å². The minimum Gasteiger partial charge on any atom is -0.476 e. The molecule has 0 aliphatic carbocycles. The number of carbonyl (C=O) groups is 2. The number of carbonyl (C=O) groups excluding carboxylic acids is 1. The Balaban J connectivity index is 1.79. The Hall–Kier alpha value is -2.18. The fourth-order valence-electron chi connectivity index (χ4n) is 3.11. The first-order valence-corrected chi connectivity index (χ1v) is 8.63. The van der Waals surface area contributed by atoms with Gasteiger partial charge in [-0.25, -0.2) is 14.8 Å². The summed E-state index contributed by atoms with van der Waals surface area (Å²) in [7, 11) is 0. The van der Waals surface area contributed by atoms with Crippen LogP contribution in [0.4, 0.5) is 5.82 Å². The van der Waals surface area contributed by atoms with Crippen LogP contribution >= 0.6 is 0 Å². The van der Waals surface area contributed by atoms with E-state index in [1.807, 2.05) is 18.7 Å². The number of hydrogen-bond acceptors (Lipinski definition) is 5. The zero-order chi connectivity index (χ0) is 17.5. The number of carboxylic acids is 1. The molecule has 2 heterocycles. The lowest BCUT2D eigenvalue weighted by Gasteiger charge is -2.32. The minimum absolute atomic E-state index is 0.0384. The van der Waals surface area contributed by atoms with E-state index in [0.717, 1.165) is 51.3 Å². The molecule has 0 radical (unpaired) electrons. The summed E-state index contributed by atoms with van der Waals surface area (Å²) in [6.45, 7) is 7.31. The van der Waals surface area contributed by atoms with E-state index in [2.05, 4.69) is 14.9 Å². The molecule has 1 aromatic rings. The lowest BCUT2D eigenvalue weighted by molar-refractivity contribution is -0.131. The fraction of sp³-hybridized carbons (Fsp3) is 0.647. The van der Waals surface area contributed by atoms with Crippen molar-refractivity contribution in [2.75, 3.05) is 31.1 Å². The van der Waals surface area contributed by atoms with E-state index in [9.17, 15) is 9.59 Å². The van der Waals surface area contributed by atoms with E-state index in [4.69, 9.17) is 5.11 Å². The molecule has 1 saturated heterocycles. The molecule has 7 nitrogen and oxygen atoms in total. The van der Waals surface area contributed by atoms with Crippen molar-refractivity contribution in [3.8, 4) is 0 Å². The minimum atomic E-state index is -1.06. The van der Waals surface area contributed by atoms with Crippen molar-refractivity contribution in [3.63, 3.8) is 0 Å². The van der Waals surface area contributed by atoms with Gasteiger partial charge in [0.2, 0.25) is 5.91 Å². The topological polar surface area (TPSA) is 86.6 Å². The van der Waals surface area contributed by atoms with Gasteiger partial charge in [-0.1, -0.05) is 0 Å². The Morgan fingerprint density at radius 2 is 1.88 bits per heavy atom. The number of piperidine rings is 1. The molecule has 1 amide bonds. The van der Waals surface area contributed by atoms with E-state index in [1.54, 1.807) is 0 Å². The first kappa shape index (κ1) is 18.2. The predicted octanol–water partition coefficient (Wildman–Crippen LogP) is 2.04. The zero-order valence-corrected chi connectivity index (χ0v) is 14.4. The Morgan fingerprint density at radius 3 is 2.38 bits per heavy atom. The van der Waals surface area contributed by atoms with Gasteiger partial charge >= 0.3 is 5.97 Å². The van der Waals surface area contributed by atoms with Crippen molar-refractivity contribution in [2.24, 2.45) is 5.92 Å². The van der Waals surface area contributed by atoms with Crippen LogP contribution in [0, 0.1) is 5.92 Å². The summed E-state index contributed by atoms with van der Waals surface area (Å²) in [5, 5.41) is 8.85. The summed E-state index contributed by atoms with van der Waals surface area (Å²) >= 11 is 0. The standard InChI is InChI=1S/C17H26N4O3/c1-3-20(4-2)16(22)6-5-13-7-9-21(10-8-13)15-12-18-14(11-19-15)17(23)24/h11-13H,3-10H2,1-2H3,(H,23,24). The third-order valence-electron chi connectivity index (χ3n) is 4.68. The summed E-state index contributed by atoms with van der Waals surface area (Å²) in [6, 6.07) is 0. The maximum atomic E-state index is 12.1. The van der Waals surface area contributed by atoms with Gasteiger partial charge in [0.25, 0.3) is 0 Å². The summed E-state index contributed by atoms with van der Waals surface area (Å²) in [5.41, 5.74) is -0.0384. The maximum Gasteiger partial charge on any atom is 0.356 e. The predicted molar refractivity (Wildman–Crippen MR) is 91.1 cm³/mol. The average molecular weight is 334 g/mol. The highest BCUT2D eigenvalue weighted by Gasteiger charge is 2.22. The van der Waals surface area contributed by atoms with Crippen LogP contribution in [0.3, 0.4) is 0 Å². The van der Waals surface area contributed by atoms with E-state index < -0.39 is 5.97 Å². The largest absolute Gasteiger partial charge is 0.476 e. The number of aromatic nitrogens is 2. The molecule has 1 aromatic heterocycles. The third kappa shape index (κ3) is 4.66. The zero-order valence-electron chi connectivity index (χ0n) is 14.4. The number of anilines is 1. The molecule has 2 rings (SSSR count). The van der Waals surface area contributed by atoms with Gasteiger partial charge in [-0.2, -0.15) is 0 Å². The van der Waals surface area contributed by atoms with Crippen molar-refractivity contribution in [1.29, 1.82) is 0 Å². The molecule has 1 aliphatic heterocycles. The smallest absolute Gasteiger partial charge is 0.356 e. The monoisotopic (exact) mass is 334 g/mol. The van der Waals surface area contributed by atoms with E-state index in [-0.39, 0.29) is 11.6 Å². The number of aromatic carboxylic acids is 1. The van der Waals surface area contributed by atoms with Crippen LogP contribution in [-0.2, 0) is 4.79 Å². The van der Waals surface area contributed by atoms with Crippen LogP contribution in [0.5, 0.6) is 0 Å². The summed E-state index contributed by atoms with van der Waals surface area (Å²) < 4.78 is 0. The van der Waals surface area contributed by atoms with Gasteiger partial charge in [0.05, 0.1) is 12.4 Å². The highest BCUT2D eigenvalue weighted by molar-refractivity contribution is 5.84. The van der Waals surface area contributed by atoms with Crippen molar-refractivity contribution < 1.29 is 14.7 Å². The van der Waals surface area contributed by atoms with Gasteiger partial charge in [-0.3, -0.25) is 4.79 Å². The fourth-order valence-corrected chi connectivity index (χ4v) is 3.11. The number of carboxylic acid groups (broad SMARTS) is 1. The van der Waals surface area contributed by atoms with Crippen molar-refractivity contribution >= 4 is 17.7 Å². The molecule has 1 aliphatic rings. The number of hydrogen-bond donors (Lipinski definition) is 1. The maximum absolute atomic E-state index is 12.1. The second kappa shape index (κ2) is 8.61. The van der Waals surface area contributed by atoms with Crippen LogP contribution in [-0.4, -0.2) is 58.0 Å². The first-order valence-electron chi connectivity index (χ1n) is 8.63. The normalized spacial score (nSPS) is 15.3. The SMILES string of the molecule is CCN(CC)C(=O)CCC1CCN(c2cnc(C(=O)O)cn2)CC1. The Labute approximate surface area is 142 Å². The van der Waals surface area contributed by atoms with Gasteiger partial charge in [0, 0.05) is 32.6 Å². The lowest BCUT2D eigenvalue weighted by Crippen LogP contribution is -2.35. The summed E-state index contributed by atoms with van der Waals surface area (Å²) in [6.07, 6.45) is 6.42. The van der Waals surface area contributed by atoms with E-state index >= 15 is 0 Å². The van der Waals surface area contributed by atoms with E-state index in [0.29, 0.717) is 12.3 Å². The highest BCUT2D eigenvalue weighted by Crippen LogP contribution is 2.25. The van der Waals surface area contributed by atoms with Gasteiger partial charge in [0.1, 0.15) is 5.82 Å². The average Bonchev–Trinajstić information content (AvgIpc) is 2.61. The van der Waals surface area contributed by atoms with Crippen molar-refractivity contribution in [2.45, 2.75) is 39.5 Å². The number of rotatable bonds is 7. The van der Waals surface area contributed by atoms with Crippen molar-refractivity contribution in [1.82, 2.24) is 14.9 Å². The second-order valence-electron chi connectivity index (χ2n) is 6.10. The van der Waals surface area contributed by atoms with Crippen LogP contribution in [0.25, 0.3) is 0 Å². The van der Waals surface area contributed by atoms with Crippen LogP contribution in [0.1, 0.15) is 50.0 Å². The van der Waals surface area contributed by atoms with Gasteiger partial charge in [-0.15, -0.1) is 0 Å². The molecule has 1 N–H and O–H groups in total. The third-order valence-corrected chi connectivity index (χ3v) is 4.68. The van der Waals surface area contributed by atoms with Gasteiger partial charge < -0.3 is 14.9 Å². The molecule has 132 valence electrons. The number of amides is 1. The van der Waals surface area contributed by atoms with Crippen molar-refractivity contribution in [3.05, 3.63) is 18.1 Å². The Bertz CT molecular complexity index is 549. The summed E-state index contributed by atoms with van der Waals surface area (Å²) in [5.74, 6) is 0.466. The lowest BCUT2D eigenvalue weighted by atomic mass is 9.92. The molecule has 0 bridgehead atoms. The molecule has 0 spiro atoms. The molecule has 0 atom stereocenters. The molecule has 0 saturated carbocycles. The summed E-state index contributed by atoms with van der Waals surface area (Å²) in [4.78, 5) is 35.0. The molecule has 7 heteroatoms. The Kier molecular flexibility index (Phi) is 6.52. The highest BCUT2D eigenvalue weighted by atomic mass is 16.4. The molecule has 0 unspecified atom stereocenters. The number of nitrogens with zero attached hydrogens (tertiary/aromatic N) is 4. The Morgan fingerprint density at radius 1 is 1.21 bits per heavy atom. The van der Waals surface area contributed by atoms with Crippen LogP contribution in [0.15, 0.2) is 12.4 Å². The molecule has 0 aromatic carbocycles. The van der Waals surface area contributed by atoms with E-state index in [1.165, 1.54) is 12.4 Å². The first-order chi connectivity index (χ1) is 11.5. The quantitative estimate of drug-likeness (QED) is 0.821. The molecular weight excluding hydrogens is 308 g/mol. The van der Waals surface area contributed by atoms with Crippen LogP contribution < -0.4 is 4.90 Å². The molecule has 1 fully saturated rings. The van der Waals surface area contributed by atoms with Gasteiger partial charge in [-0.05, 0) is 39.0 Å².